The lowest BCUT2D eigenvalue weighted by Crippen LogP contribution is -2.32. The Morgan fingerprint density at radius 2 is 2.11 bits per heavy atom. The van der Waals surface area contributed by atoms with Crippen LogP contribution in [0.15, 0.2) is 6.07 Å². The first-order chi connectivity index (χ1) is 8.31. The second-order valence-electron chi connectivity index (χ2n) is 4.65. The van der Waals surface area contributed by atoms with Crippen molar-refractivity contribution >= 4 is 0 Å². The molecule has 1 aromatic rings. The van der Waals surface area contributed by atoms with E-state index in [4.69, 9.17) is 0 Å². The summed E-state index contributed by atoms with van der Waals surface area (Å²) in [6.07, 6.45) is -3.40. The highest BCUT2D eigenvalue weighted by atomic mass is 19.4. The lowest BCUT2D eigenvalue weighted by atomic mass is 10.1. The molecule has 0 radical (unpaired) electrons. The van der Waals surface area contributed by atoms with Gasteiger partial charge in [-0.15, -0.1) is 0 Å². The van der Waals surface area contributed by atoms with Crippen LogP contribution in [0.5, 0.6) is 0 Å². The molecule has 0 aliphatic carbocycles. The van der Waals surface area contributed by atoms with E-state index in [1.54, 1.807) is 0 Å². The summed E-state index contributed by atoms with van der Waals surface area (Å²) in [4.78, 5) is 0. The number of hydrogen-bond donors (Lipinski definition) is 1. The van der Waals surface area contributed by atoms with Crippen LogP contribution in [0.4, 0.5) is 13.2 Å². The maximum absolute atomic E-state index is 12.0. The van der Waals surface area contributed by atoms with Crippen molar-refractivity contribution in [3.05, 3.63) is 17.5 Å². The SMILES string of the molecule is CCn1nc(C)cc1CC(C)CNCC(F)(F)F. The summed E-state index contributed by atoms with van der Waals surface area (Å²) < 4.78 is 37.8. The van der Waals surface area contributed by atoms with Crippen molar-refractivity contribution in [2.24, 2.45) is 5.92 Å². The highest BCUT2D eigenvalue weighted by Gasteiger charge is 2.26. The normalized spacial score (nSPS) is 13.9. The third-order valence-electron chi connectivity index (χ3n) is 2.66. The van der Waals surface area contributed by atoms with Gasteiger partial charge in [0.1, 0.15) is 0 Å². The molecule has 3 nitrogen and oxygen atoms in total. The molecular weight excluding hydrogens is 243 g/mol. The molecule has 1 N–H and O–H groups in total. The fraction of sp³-hybridized carbons (Fsp3) is 0.750. The highest BCUT2D eigenvalue weighted by Crippen LogP contribution is 2.13. The van der Waals surface area contributed by atoms with Gasteiger partial charge in [0, 0.05) is 12.2 Å². The Balaban J connectivity index is 2.42. The zero-order valence-corrected chi connectivity index (χ0v) is 11.0. The molecule has 1 rings (SSSR count). The standard InChI is InChI=1S/C12H20F3N3/c1-4-18-11(6-10(3)17-18)5-9(2)7-16-8-12(13,14)15/h6,9,16H,4-5,7-8H2,1-3H3. The lowest BCUT2D eigenvalue weighted by molar-refractivity contribution is -0.125. The van der Waals surface area contributed by atoms with Gasteiger partial charge in [-0.2, -0.15) is 18.3 Å². The smallest absolute Gasteiger partial charge is 0.308 e. The molecule has 1 aromatic heterocycles. The van der Waals surface area contributed by atoms with Crippen molar-refractivity contribution < 1.29 is 13.2 Å². The number of nitrogens with one attached hydrogen (secondary N) is 1. The molecule has 0 fully saturated rings. The molecule has 0 saturated heterocycles. The molecule has 0 spiro atoms. The van der Waals surface area contributed by atoms with Gasteiger partial charge in [-0.25, -0.2) is 0 Å². The molecule has 0 aliphatic heterocycles. The third-order valence-corrected chi connectivity index (χ3v) is 2.66. The van der Waals surface area contributed by atoms with Crippen LogP contribution in [0, 0.1) is 12.8 Å². The Labute approximate surface area is 105 Å². The summed E-state index contributed by atoms with van der Waals surface area (Å²) in [6, 6.07) is 1.99. The Bertz CT molecular complexity index is 371. The van der Waals surface area contributed by atoms with Crippen molar-refractivity contribution in [3.63, 3.8) is 0 Å². The Morgan fingerprint density at radius 3 is 2.67 bits per heavy atom. The van der Waals surface area contributed by atoms with Gasteiger partial charge in [-0.05, 0) is 38.8 Å². The first kappa shape index (κ1) is 15.0. The molecule has 1 atom stereocenters. The predicted octanol–water partition coefficient (Wildman–Crippen LogP) is 2.54. The van der Waals surface area contributed by atoms with E-state index in [9.17, 15) is 13.2 Å². The van der Waals surface area contributed by atoms with Crippen LogP contribution < -0.4 is 5.32 Å². The third kappa shape index (κ3) is 5.08. The molecule has 18 heavy (non-hydrogen) atoms. The first-order valence-electron chi connectivity index (χ1n) is 6.12. The van der Waals surface area contributed by atoms with Gasteiger partial charge in [-0.3, -0.25) is 4.68 Å². The molecule has 0 bridgehead atoms. The average molecular weight is 263 g/mol. The van der Waals surface area contributed by atoms with E-state index < -0.39 is 12.7 Å². The fourth-order valence-electron chi connectivity index (χ4n) is 1.93. The van der Waals surface area contributed by atoms with E-state index in [1.165, 1.54) is 0 Å². The fourth-order valence-corrected chi connectivity index (χ4v) is 1.93. The minimum absolute atomic E-state index is 0.147. The number of aromatic nitrogens is 2. The monoisotopic (exact) mass is 263 g/mol. The minimum atomic E-state index is -4.14. The Kier molecular flexibility index (Phi) is 5.19. The van der Waals surface area contributed by atoms with E-state index >= 15 is 0 Å². The molecule has 0 aliphatic rings. The second-order valence-corrected chi connectivity index (χ2v) is 4.65. The molecule has 0 aromatic carbocycles. The van der Waals surface area contributed by atoms with Crippen molar-refractivity contribution in [2.45, 2.75) is 39.9 Å². The molecular formula is C12H20F3N3. The molecule has 0 saturated carbocycles. The summed E-state index contributed by atoms with van der Waals surface area (Å²) in [5, 5.41) is 6.75. The van der Waals surface area contributed by atoms with Crippen LogP contribution in [0.3, 0.4) is 0 Å². The van der Waals surface area contributed by atoms with Crippen LogP contribution in [-0.2, 0) is 13.0 Å². The molecule has 1 unspecified atom stereocenters. The lowest BCUT2D eigenvalue weighted by Gasteiger charge is -2.14. The zero-order valence-electron chi connectivity index (χ0n) is 11.0. The van der Waals surface area contributed by atoms with Crippen molar-refractivity contribution in [3.8, 4) is 0 Å². The summed E-state index contributed by atoms with van der Waals surface area (Å²) in [5.41, 5.74) is 2.03. The van der Waals surface area contributed by atoms with Gasteiger partial charge in [-0.1, -0.05) is 6.92 Å². The second kappa shape index (κ2) is 6.22. The summed E-state index contributed by atoms with van der Waals surface area (Å²) >= 11 is 0. The van der Waals surface area contributed by atoms with Gasteiger partial charge in [0.25, 0.3) is 0 Å². The quantitative estimate of drug-likeness (QED) is 0.854. The van der Waals surface area contributed by atoms with Crippen molar-refractivity contribution in [1.82, 2.24) is 15.1 Å². The predicted molar refractivity (Wildman–Crippen MR) is 64.4 cm³/mol. The first-order valence-corrected chi connectivity index (χ1v) is 6.12. The summed E-state index contributed by atoms with van der Waals surface area (Å²) in [6.45, 7) is 6.07. The van der Waals surface area contributed by atoms with Crippen LogP contribution in [0.2, 0.25) is 0 Å². The van der Waals surface area contributed by atoms with Gasteiger partial charge in [0.15, 0.2) is 0 Å². The van der Waals surface area contributed by atoms with E-state index in [-0.39, 0.29) is 5.92 Å². The maximum atomic E-state index is 12.0. The van der Waals surface area contributed by atoms with E-state index in [0.29, 0.717) is 6.54 Å². The van der Waals surface area contributed by atoms with Crippen LogP contribution in [0.1, 0.15) is 25.2 Å². The van der Waals surface area contributed by atoms with Crippen LogP contribution >= 0.6 is 0 Å². The number of halogens is 3. The van der Waals surface area contributed by atoms with Crippen LogP contribution in [0.25, 0.3) is 0 Å². The van der Waals surface area contributed by atoms with Gasteiger partial charge >= 0.3 is 6.18 Å². The van der Waals surface area contributed by atoms with Gasteiger partial charge in [0.05, 0.1) is 12.2 Å². The Hall–Kier alpha value is -1.04. The maximum Gasteiger partial charge on any atom is 0.401 e. The molecule has 6 heteroatoms. The van der Waals surface area contributed by atoms with E-state index in [1.807, 2.05) is 31.5 Å². The number of alkyl halides is 3. The van der Waals surface area contributed by atoms with Gasteiger partial charge in [0.2, 0.25) is 0 Å². The summed E-state index contributed by atoms with van der Waals surface area (Å²) in [7, 11) is 0. The average Bonchev–Trinajstić information content (AvgIpc) is 2.56. The number of rotatable bonds is 6. The molecule has 104 valence electrons. The van der Waals surface area contributed by atoms with E-state index in [0.717, 1.165) is 24.4 Å². The van der Waals surface area contributed by atoms with Crippen LogP contribution in [-0.4, -0.2) is 29.0 Å². The minimum Gasteiger partial charge on any atom is -0.308 e. The molecule has 1 heterocycles. The summed E-state index contributed by atoms with van der Waals surface area (Å²) in [5.74, 6) is 0.147. The number of nitrogens with zero attached hydrogens (tertiary/aromatic N) is 2. The highest BCUT2D eigenvalue weighted by molar-refractivity contribution is 5.09. The Morgan fingerprint density at radius 1 is 1.44 bits per heavy atom. The van der Waals surface area contributed by atoms with Crippen molar-refractivity contribution in [2.75, 3.05) is 13.1 Å². The van der Waals surface area contributed by atoms with E-state index in [2.05, 4.69) is 10.4 Å². The largest absolute Gasteiger partial charge is 0.401 e. The topological polar surface area (TPSA) is 29.9 Å². The number of hydrogen-bond acceptors (Lipinski definition) is 2. The number of aryl methyl sites for hydroxylation is 2. The molecule has 0 amide bonds. The van der Waals surface area contributed by atoms with Crippen molar-refractivity contribution in [1.29, 1.82) is 0 Å². The van der Waals surface area contributed by atoms with Gasteiger partial charge < -0.3 is 5.32 Å². The zero-order chi connectivity index (χ0) is 13.8.